The summed E-state index contributed by atoms with van der Waals surface area (Å²) in [5, 5.41) is 0. The third-order valence-electron chi connectivity index (χ3n) is 4.19. The van der Waals surface area contributed by atoms with Crippen LogP contribution in [0.2, 0.25) is 0 Å². The number of benzene rings is 1. The summed E-state index contributed by atoms with van der Waals surface area (Å²) in [6, 6.07) is 6.73. The number of amidine groups is 1. The van der Waals surface area contributed by atoms with E-state index in [-0.39, 0.29) is 35.9 Å². The van der Waals surface area contributed by atoms with E-state index in [1.54, 1.807) is 29.2 Å². The first-order valence-electron chi connectivity index (χ1n) is 7.96. The van der Waals surface area contributed by atoms with Crippen LogP contribution >= 0.6 is 0 Å². The van der Waals surface area contributed by atoms with Crippen molar-refractivity contribution in [3.8, 4) is 0 Å². The molecule has 0 aliphatic carbocycles. The number of rotatable bonds is 3. The summed E-state index contributed by atoms with van der Waals surface area (Å²) in [7, 11) is -3.53. The van der Waals surface area contributed by atoms with Gasteiger partial charge in [-0.05, 0) is 26.0 Å². The summed E-state index contributed by atoms with van der Waals surface area (Å²) in [5.74, 6) is 0.318. The first-order valence-corrected chi connectivity index (χ1v) is 9.44. The Morgan fingerprint density at radius 3 is 2.92 bits per heavy atom. The van der Waals surface area contributed by atoms with Crippen LogP contribution < -0.4 is 4.72 Å². The van der Waals surface area contributed by atoms with Crippen LogP contribution in [0.25, 0.3) is 0 Å². The molecule has 8 heteroatoms. The molecule has 1 N–H and O–H groups in total. The molecule has 1 saturated heterocycles. The van der Waals surface area contributed by atoms with Crippen molar-refractivity contribution in [2.75, 3.05) is 19.7 Å². The van der Waals surface area contributed by atoms with Crippen LogP contribution in [0.4, 0.5) is 0 Å². The van der Waals surface area contributed by atoms with Crippen molar-refractivity contribution in [2.45, 2.75) is 37.3 Å². The van der Waals surface area contributed by atoms with Crippen LogP contribution in [-0.2, 0) is 19.6 Å². The van der Waals surface area contributed by atoms with E-state index in [1.165, 1.54) is 0 Å². The van der Waals surface area contributed by atoms with E-state index in [9.17, 15) is 13.2 Å². The Morgan fingerprint density at radius 1 is 1.38 bits per heavy atom. The van der Waals surface area contributed by atoms with Gasteiger partial charge in [0.25, 0.3) is 10.0 Å². The predicted octanol–water partition coefficient (Wildman–Crippen LogP) is 0.751. The van der Waals surface area contributed by atoms with Crippen molar-refractivity contribution in [3.05, 3.63) is 29.8 Å². The molecule has 0 bridgehead atoms. The minimum Gasteiger partial charge on any atom is -0.375 e. The molecular weight excluding hydrogens is 330 g/mol. The maximum absolute atomic E-state index is 12.4. The fourth-order valence-corrected chi connectivity index (χ4v) is 4.16. The number of nitrogens with zero attached hydrogens (tertiary/aromatic N) is 2. The maximum Gasteiger partial charge on any atom is 0.263 e. The number of carbonyl (C=O) groups excluding carboxylic acids is 1. The number of nitrogens with one attached hydrogen (secondary N) is 1. The van der Waals surface area contributed by atoms with Crippen molar-refractivity contribution < 1.29 is 17.9 Å². The lowest BCUT2D eigenvalue weighted by molar-refractivity contribution is -0.142. The molecule has 3 rings (SSSR count). The minimum atomic E-state index is -3.53. The van der Waals surface area contributed by atoms with Gasteiger partial charge in [0, 0.05) is 18.5 Å². The van der Waals surface area contributed by atoms with Crippen LogP contribution in [0.3, 0.4) is 0 Å². The molecule has 0 spiro atoms. The lowest BCUT2D eigenvalue weighted by atomic mass is 10.2. The largest absolute Gasteiger partial charge is 0.375 e. The second-order valence-corrected chi connectivity index (χ2v) is 7.77. The van der Waals surface area contributed by atoms with E-state index in [2.05, 4.69) is 9.71 Å². The molecular formula is C16H21N3O4S. The van der Waals surface area contributed by atoms with Gasteiger partial charge >= 0.3 is 0 Å². The van der Waals surface area contributed by atoms with Gasteiger partial charge in [0.1, 0.15) is 5.84 Å². The van der Waals surface area contributed by atoms with Gasteiger partial charge in [0.15, 0.2) is 0 Å². The van der Waals surface area contributed by atoms with Gasteiger partial charge < -0.3 is 9.64 Å². The highest BCUT2D eigenvalue weighted by Crippen LogP contribution is 2.22. The first-order chi connectivity index (χ1) is 11.4. The Labute approximate surface area is 141 Å². The third kappa shape index (κ3) is 3.29. The van der Waals surface area contributed by atoms with Gasteiger partial charge in [-0.25, -0.2) is 8.42 Å². The van der Waals surface area contributed by atoms with Crippen LogP contribution in [0.5, 0.6) is 0 Å². The number of aliphatic imine (C=N–C) groups is 1. The van der Waals surface area contributed by atoms with Gasteiger partial charge in [-0.2, -0.15) is 0 Å². The fourth-order valence-electron chi connectivity index (χ4n) is 2.91. The van der Waals surface area contributed by atoms with Crippen LogP contribution in [0, 0.1) is 0 Å². The zero-order valence-corrected chi connectivity index (χ0v) is 14.5. The normalized spacial score (nSPS) is 26.9. The second kappa shape index (κ2) is 6.52. The Kier molecular flexibility index (Phi) is 4.60. The van der Waals surface area contributed by atoms with E-state index in [1.807, 2.05) is 13.8 Å². The number of sulfonamides is 1. The highest BCUT2D eigenvalue weighted by Gasteiger charge is 2.30. The second-order valence-electron chi connectivity index (χ2n) is 6.12. The van der Waals surface area contributed by atoms with Gasteiger partial charge in [-0.1, -0.05) is 12.1 Å². The highest BCUT2D eigenvalue weighted by atomic mass is 32.2. The summed E-state index contributed by atoms with van der Waals surface area (Å²) in [5.41, 5.74) is 0.554. The average molecular weight is 351 g/mol. The molecule has 2 aliphatic rings. The SMILES string of the molecule is CC1CN(C(=O)CCN=C2NS(=O)(=O)c3ccccc32)C(C)CO1. The molecule has 1 amide bonds. The average Bonchev–Trinajstić information content (AvgIpc) is 2.81. The molecule has 1 aromatic rings. The van der Waals surface area contributed by atoms with E-state index < -0.39 is 10.0 Å². The summed E-state index contributed by atoms with van der Waals surface area (Å²) in [6.07, 6.45) is 0.273. The Bertz CT molecular complexity index is 775. The maximum atomic E-state index is 12.4. The number of amides is 1. The minimum absolute atomic E-state index is 0.0103. The molecule has 0 aromatic heterocycles. The highest BCUT2D eigenvalue weighted by molar-refractivity contribution is 7.90. The van der Waals surface area contributed by atoms with Crippen molar-refractivity contribution >= 4 is 21.8 Å². The molecule has 1 aromatic carbocycles. The quantitative estimate of drug-likeness (QED) is 0.870. The van der Waals surface area contributed by atoms with Crippen LogP contribution in [0.15, 0.2) is 34.2 Å². The van der Waals surface area contributed by atoms with E-state index in [4.69, 9.17) is 4.74 Å². The van der Waals surface area contributed by atoms with Crippen LogP contribution in [0.1, 0.15) is 25.8 Å². The molecule has 130 valence electrons. The molecule has 1 fully saturated rings. The smallest absolute Gasteiger partial charge is 0.263 e. The van der Waals surface area contributed by atoms with Crippen LogP contribution in [-0.4, -0.2) is 56.9 Å². The molecule has 0 saturated carbocycles. The molecule has 2 aliphatic heterocycles. The Balaban J connectivity index is 1.66. The van der Waals surface area contributed by atoms with Gasteiger partial charge in [0.05, 0.1) is 30.2 Å². The number of hydrogen-bond acceptors (Lipinski definition) is 5. The zero-order chi connectivity index (χ0) is 17.3. The first kappa shape index (κ1) is 16.9. The molecule has 0 radical (unpaired) electrons. The van der Waals surface area contributed by atoms with Crippen molar-refractivity contribution in [1.29, 1.82) is 0 Å². The molecule has 2 unspecified atom stereocenters. The Hall–Kier alpha value is -1.93. The van der Waals surface area contributed by atoms with Crippen molar-refractivity contribution in [1.82, 2.24) is 9.62 Å². The molecule has 2 heterocycles. The van der Waals surface area contributed by atoms with Gasteiger partial charge in [-0.3, -0.25) is 14.5 Å². The monoisotopic (exact) mass is 351 g/mol. The van der Waals surface area contributed by atoms with Crippen molar-refractivity contribution in [3.63, 3.8) is 0 Å². The van der Waals surface area contributed by atoms with E-state index in [0.717, 1.165) is 0 Å². The summed E-state index contributed by atoms with van der Waals surface area (Å²) in [6.45, 7) is 5.25. The van der Waals surface area contributed by atoms with E-state index >= 15 is 0 Å². The summed E-state index contributed by atoms with van der Waals surface area (Å²) < 4.78 is 32.0. The summed E-state index contributed by atoms with van der Waals surface area (Å²) in [4.78, 5) is 18.7. The number of carbonyl (C=O) groups is 1. The Morgan fingerprint density at radius 2 is 2.12 bits per heavy atom. The van der Waals surface area contributed by atoms with Crippen molar-refractivity contribution in [2.24, 2.45) is 4.99 Å². The third-order valence-corrected chi connectivity index (χ3v) is 5.58. The van der Waals surface area contributed by atoms with Gasteiger partial charge in [-0.15, -0.1) is 0 Å². The predicted molar refractivity (Wildman–Crippen MR) is 89.4 cm³/mol. The molecule has 7 nitrogen and oxygen atoms in total. The fraction of sp³-hybridized carbons (Fsp3) is 0.500. The lowest BCUT2D eigenvalue weighted by Crippen LogP contribution is -2.50. The summed E-state index contributed by atoms with van der Waals surface area (Å²) >= 11 is 0. The standard InChI is InChI=1S/C16H21N3O4S/c1-11-10-23-12(2)9-19(11)15(20)7-8-17-16-13-5-3-4-6-14(13)24(21,22)18-16/h3-6,11-12H,7-10H2,1-2H3,(H,17,18). The zero-order valence-electron chi connectivity index (χ0n) is 13.7. The number of hydrogen-bond donors (Lipinski definition) is 1. The molecule has 24 heavy (non-hydrogen) atoms. The molecule has 2 atom stereocenters. The van der Waals surface area contributed by atoms with Gasteiger partial charge in [0.2, 0.25) is 5.91 Å². The lowest BCUT2D eigenvalue weighted by Gasteiger charge is -2.36. The number of morpholine rings is 1. The topological polar surface area (TPSA) is 88.1 Å². The number of ether oxygens (including phenoxy) is 1. The number of fused-ring (bicyclic) bond motifs is 1. The van der Waals surface area contributed by atoms with E-state index in [0.29, 0.717) is 24.6 Å².